The molecular formula is C105H80N4. The van der Waals surface area contributed by atoms with Gasteiger partial charge in [-0.15, -0.1) is 0 Å². The largest absolute Gasteiger partial charge is 0.311 e. The van der Waals surface area contributed by atoms with E-state index in [4.69, 9.17) is 0 Å². The van der Waals surface area contributed by atoms with Gasteiger partial charge in [-0.1, -0.05) is 340 Å². The zero-order chi connectivity index (χ0) is 73.2. The van der Waals surface area contributed by atoms with Crippen LogP contribution in [0.25, 0.3) is 48.6 Å². The summed E-state index contributed by atoms with van der Waals surface area (Å²) in [6.07, 6.45) is 17.7. The highest BCUT2D eigenvalue weighted by Gasteiger charge is 2.38. The summed E-state index contributed by atoms with van der Waals surface area (Å²) in [5.74, 6) is 0. The van der Waals surface area contributed by atoms with Gasteiger partial charge in [-0.05, 0) is 212 Å². The van der Waals surface area contributed by atoms with Crippen LogP contribution in [-0.2, 0) is 5.41 Å². The Bertz CT molecular complexity index is 4780. The standard InChI is InChI=1S/C105H80N4/c1-9-25-93(26-10-1)106(94-27-11-2-12-28-94)101-73-57-85(58-74-101)45-41-81-49-65-89(66-50-81)105(90-67-51-82(52-68-90)42-46-86-59-75-102(76-60-86)107(95-29-13-3-14-30-95)96-31-15-4-16-32-96,91-69-53-83(54-70-91)43-47-87-61-77-103(78-62-87)108(97-33-17-5-18-34-97)98-35-19-6-20-36-98)92-71-55-84(56-72-92)44-48-88-63-79-104(80-64-88)109(99-37-21-7-22-38-99)100-39-23-8-24-40-100/h1-80H/b45-41+,46-42+,47-43+,48-44+. The fourth-order valence-corrected chi connectivity index (χ4v) is 14.5. The minimum Gasteiger partial charge on any atom is -0.311 e. The number of nitrogens with zero attached hydrogens (tertiary/aromatic N) is 4. The number of rotatable bonds is 24. The Hall–Kier alpha value is -14.3. The van der Waals surface area contributed by atoms with Crippen LogP contribution in [0.1, 0.15) is 66.8 Å². The van der Waals surface area contributed by atoms with Crippen LogP contribution in [0.3, 0.4) is 0 Å². The Balaban J connectivity index is 0.751. The van der Waals surface area contributed by atoms with E-state index in [0.29, 0.717) is 0 Å². The Labute approximate surface area is 641 Å². The lowest BCUT2D eigenvalue weighted by Crippen LogP contribution is -2.31. The molecule has 4 nitrogen and oxygen atoms in total. The van der Waals surface area contributed by atoms with E-state index in [1.807, 2.05) is 0 Å². The maximum Gasteiger partial charge on any atom is 0.0701 e. The van der Waals surface area contributed by atoms with Gasteiger partial charge >= 0.3 is 0 Å². The van der Waals surface area contributed by atoms with Crippen LogP contribution in [0.4, 0.5) is 68.2 Å². The maximum atomic E-state index is 2.33. The van der Waals surface area contributed by atoms with Crippen LogP contribution in [0.15, 0.2) is 437 Å². The van der Waals surface area contributed by atoms with Crippen LogP contribution < -0.4 is 19.6 Å². The molecule has 16 rings (SSSR count). The van der Waals surface area contributed by atoms with Gasteiger partial charge in [0.25, 0.3) is 0 Å². The number of anilines is 12. The third-order valence-corrected chi connectivity index (χ3v) is 20.0. The van der Waals surface area contributed by atoms with Gasteiger partial charge in [0, 0.05) is 68.2 Å². The molecule has 0 aromatic heterocycles. The molecule has 0 heterocycles. The molecule has 0 saturated heterocycles. The number of hydrogen-bond donors (Lipinski definition) is 0. The molecule has 0 aliphatic rings. The average Bonchev–Trinajstić information content (AvgIpc) is 0.732. The molecule has 0 aliphatic carbocycles. The van der Waals surface area contributed by atoms with Crippen LogP contribution in [0.2, 0.25) is 0 Å². The summed E-state index contributed by atoms with van der Waals surface area (Å²) < 4.78 is 0. The normalized spacial score (nSPS) is 11.5. The molecule has 0 radical (unpaired) electrons. The summed E-state index contributed by atoms with van der Waals surface area (Å²) in [4.78, 5) is 9.18. The van der Waals surface area contributed by atoms with Crippen molar-refractivity contribution in [1.29, 1.82) is 0 Å². The van der Waals surface area contributed by atoms with E-state index < -0.39 is 5.41 Å². The second-order valence-corrected chi connectivity index (χ2v) is 27.0. The quantitative estimate of drug-likeness (QED) is 0.0441. The van der Waals surface area contributed by atoms with Crippen LogP contribution in [0, 0.1) is 0 Å². The van der Waals surface area contributed by atoms with E-state index in [-0.39, 0.29) is 0 Å². The first-order chi connectivity index (χ1) is 54.0. The molecule has 0 fully saturated rings. The fourth-order valence-electron chi connectivity index (χ4n) is 14.5. The molecule has 520 valence electrons. The van der Waals surface area contributed by atoms with Crippen LogP contribution >= 0.6 is 0 Å². The molecule has 4 heteroatoms. The van der Waals surface area contributed by atoms with Crippen molar-refractivity contribution < 1.29 is 0 Å². The molecule has 0 amide bonds. The van der Waals surface area contributed by atoms with Gasteiger partial charge in [0.2, 0.25) is 0 Å². The smallest absolute Gasteiger partial charge is 0.0701 e. The van der Waals surface area contributed by atoms with Crippen LogP contribution in [0.5, 0.6) is 0 Å². The summed E-state index contributed by atoms with van der Waals surface area (Å²) in [5.41, 5.74) is 25.9. The molecule has 0 atom stereocenters. The maximum absolute atomic E-state index is 2.33. The first kappa shape index (κ1) is 69.1. The topological polar surface area (TPSA) is 13.0 Å². The lowest BCUT2D eigenvalue weighted by atomic mass is 9.64. The zero-order valence-corrected chi connectivity index (χ0v) is 60.5. The highest BCUT2D eigenvalue weighted by molar-refractivity contribution is 5.84. The molecule has 0 unspecified atom stereocenters. The minimum absolute atomic E-state index is 0.772. The average molecular weight is 1400 g/mol. The fraction of sp³-hybridized carbons (Fsp3) is 0.00952. The van der Waals surface area contributed by atoms with Gasteiger partial charge in [-0.3, -0.25) is 0 Å². The molecule has 16 aromatic rings. The van der Waals surface area contributed by atoms with E-state index in [1.54, 1.807) is 0 Å². The van der Waals surface area contributed by atoms with Crippen molar-refractivity contribution in [3.8, 4) is 0 Å². The molecule has 0 N–H and O–H groups in total. The van der Waals surface area contributed by atoms with Gasteiger partial charge < -0.3 is 19.6 Å². The van der Waals surface area contributed by atoms with E-state index in [2.05, 4.69) is 505 Å². The molecule has 0 aliphatic heterocycles. The van der Waals surface area contributed by atoms with Crippen molar-refractivity contribution in [3.05, 3.63) is 504 Å². The first-order valence-electron chi connectivity index (χ1n) is 37.2. The molecule has 0 spiro atoms. The van der Waals surface area contributed by atoms with Crippen molar-refractivity contribution in [2.75, 3.05) is 19.6 Å². The summed E-state index contributed by atoms with van der Waals surface area (Å²) in [5, 5.41) is 0. The molecule has 0 bridgehead atoms. The number of benzene rings is 16. The van der Waals surface area contributed by atoms with Gasteiger partial charge in [-0.2, -0.15) is 0 Å². The summed E-state index contributed by atoms with van der Waals surface area (Å²) in [6, 6.07) is 156. The Kier molecular flexibility index (Phi) is 21.0. The Morgan fingerprint density at radius 1 is 0.119 bits per heavy atom. The van der Waals surface area contributed by atoms with Gasteiger partial charge in [-0.25, -0.2) is 0 Å². The first-order valence-corrected chi connectivity index (χ1v) is 37.2. The van der Waals surface area contributed by atoms with Gasteiger partial charge in [0.15, 0.2) is 0 Å². The molecule has 0 saturated carbocycles. The Morgan fingerprint density at radius 3 is 0.358 bits per heavy atom. The molecule has 16 aromatic carbocycles. The predicted octanol–water partition coefficient (Wildman–Crippen LogP) is 28.6. The molecule has 109 heavy (non-hydrogen) atoms. The minimum atomic E-state index is -0.772. The monoisotopic (exact) mass is 1400 g/mol. The van der Waals surface area contributed by atoms with Gasteiger partial charge in [0.1, 0.15) is 0 Å². The number of hydrogen-bond acceptors (Lipinski definition) is 4. The lowest BCUT2D eigenvalue weighted by Gasteiger charge is -2.37. The van der Waals surface area contributed by atoms with Crippen molar-refractivity contribution in [1.82, 2.24) is 0 Å². The second-order valence-electron chi connectivity index (χ2n) is 27.0. The molecular weight excluding hydrogens is 1320 g/mol. The van der Waals surface area contributed by atoms with Gasteiger partial charge in [0.05, 0.1) is 5.41 Å². The third kappa shape index (κ3) is 16.0. The highest BCUT2D eigenvalue weighted by Crippen LogP contribution is 2.47. The van der Waals surface area contributed by atoms with Crippen molar-refractivity contribution in [3.63, 3.8) is 0 Å². The van der Waals surface area contributed by atoms with E-state index in [1.165, 1.54) is 0 Å². The second kappa shape index (κ2) is 33.2. The van der Waals surface area contributed by atoms with E-state index >= 15 is 0 Å². The van der Waals surface area contributed by atoms with Crippen molar-refractivity contribution in [2.24, 2.45) is 0 Å². The Morgan fingerprint density at radius 2 is 0.229 bits per heavy atom. The SMILES string of the molecule is C(=C\c1ccc(C(c2ccc(/C=C/c3ccc(N(c4ccccc4)c4ccccc4)cc3)cc2)(c2ccc(/C=C/c3ccc(N(c4ccccc4)c4ccccc4)cc3)cc2)c2ccc(/C=C/c3ccc(N(c4ccccc4)c4ccccc4)cc3)cc2)cc1)/c1ccc(N(c2ccccc2)c2ccccc2)cc1. The van der Waals surface area contributed by atoms with Crippen molar-refractivity contribution in [2.45, 2.75) is 5.41 Å². The lowest BCUT2D eigenvalue weighted by molar-refractivity contribution is 0.744. The van der Waals surface area contributed by atoms with E-state index in [9.17, 15) is 0 Å². The summed E-state index contributed by atoms with van der Waals surface area (Å²) >= 11 is 0. The third-order valence-electron chi connectivity index (χ3n) is 20.0. The van der Waals surface area contributed by atoms with Crippen molar-refractivity contribution >= 4 is 117 Å². The summed E-state index contributed by atoms with van der Waals surface area (Å²) in [6.45, 7) is 0. The van der Waals surface area contributed by atoms with E-state index in [0.717, 1.165) is 135 Å². The predicted molar refractivity (Wildman–Crippen MR) is 465 cm³/mol. The summed E-state index contributed by atoms with van der Waals surface area (Å²) in [7, 11) is 0. The highest BCUT2D eigenvalue weighted by atomic mass is 15.2. The zero-order valence-electron chi connectivity index (χ0n) is 60.5. The number of para-hydroxylation sites is 8. The van der Waals surface area contributed by atoms with Crippen LogP contribution in [-0.4, -0.2) is 0 Å².